The molecule has 0 saturated heterocycles. The van der Waals surface area contributed by atoms with Crippen LogP contribution in [0.25, 0.3) is 0 Å². The highest BCUT2D eigenvalue weighted by Crippen LogP contribution is 3.05. The molecule has 0 heterocycles. The van der Waals surface area contributed by atoms with E-state index in [0.717, 1.165) is 28.6 Å². The Kier molecular flexibility index (Phi) is 0.760. The van der Waals surface area contributed by atoms with Gasteiger partial charge in [-0.2, -0.15) is 0 Å². The van der Waals surface area contributed by atoms with Gasteiger partial charge in [0.05, 0.1) is 0 Å². The molecule has 7 aliphatic carbocycles. The maximum atomic E-state index is 2.80. The minimum atomic E-state index is 0.572. The highest BCUT2D eigenvalue weighted by molar-refractivity contribution is 5.69. The Bertz CT molecular complexity index is 739. The molecule has 5 fully saturated rings. The van der Waals surface area contributed by atoms with Crippen molar-refractivity contribution in [1.29, 1.82) is 0 Å². The summed E-state index contributed by atoms with van der Waals surface area (Å²) in [4.78, 5) is 0. The molecule has 19 heavy (non-hydrogen) atoms. The first-order valence-corrected chi connectivity index (χ1v) is 8.52. The molecule has 0 aromatic rings. The summed E-state index contributed by atoms with van der Waals surface area (Å²) in [5.74, 6) is 3.22. The van der Waals surface area contributed by atoms with Gasteiger partial charge in [-0.25, -0.2) is 0 Å². The van der Waals surface area contributed by atoms with Crippen molar-refractivity contribution in [3.05, 3.63) is 22.8 Å². The van der Waals surface area contributed by atoms with Crippen molar-refractivity contribution < 1.29 is 0 Å². The van der Waals surface area contributed by atoms with Crippen LogP contribution in [0, 0.1) is 44.8 Å². The van der Waals surface area contributed by atoms with E-state index in [0.29, 0.717) is 16.2 Å². The van der Waals surface area contributed by atoms with E-state index in [1.807, 2.05) is 16.7 Å². The van der Waals surface area contributed by atoms with E-state index in [1.165, 1.54) is 6.42 Å². The van der Waals surface area contributed by atoms with Gasteiger partial charge < -0.3 is 0 Å². The van der Waals surface area contributed by atoms with Crippen molar-refractivity contribution >= 4 is 0 Å². The molecular weight excluding hydrogens is 228 g/mol. The third kappa shape index (κ3) is 0.384. The predicted molar refractivity (Wildman–Crippen MR) is 72.2 cm³/mol. The van der Waals surface area contributed by atoms with Crippen molar-refractivity contribution in [1.82, 2.24) is 0 Å². The maximum absolute atomic E-state index is 2.80. The molecule has 0 aromatic heterocycles. The Morgan fingerprint density at radius 3 is 2.89 bits per heavy atom. The molecule has 0 radical (unpaired) electrons. The van der Waals surface area contributed by atoms with Crippen molar-refractivity contribution in [3.8, 4) is 0 Å². The second-order valence-electron chi connectivity index (χ2n) is 9.99. The van der Waals surface area contributed by atoms with E-state index >= 15 is 0 Å². The number of allylic oxidation sites excluding steroid dienone is 4. The lowest BCUT2D eigenvalue weighted by atomic mass is 9.42. The molecule has 0 amide bonds. The van der Waals surface area contributed by atoms with Crippen LogP contribution in [0.2, 0.25) is 0 Å². The Morgan fingerprint density at radius 1 is 1.11 bits per heavy atom. The van der Waals surface area contributed by atoms with Crippen LogP contribution in [0.3, 0.4) is 0 Å². The molecule has 0 aliphatic heterocycles. The second kappa shape index (κ2) is 1.66. The van der Waals surface area contributed by atoms with Gasteiger partial charge in [0.25, 0.3) is 0 Å². The molecular formula is C19H20. The molecule has 2 spiro atoms. The zero-order valence-electron chi connectivity index (χ0n) is 11.8. The van der Waals surface area contributed by atoms with E-state index in [1.54, 1.807) is 25.7 Å². The van der Waals surface area contributed by atoms with E-state index in [2.05, 4.69) is 19.9 Å². The zero-order valence-corrected chi connectivity index (χ0v) is 11.8. The second-order valence-corrected chi connectivity index (χ2v) is 9.99. The maximum Gasteiger partial charge on any atom is 0.00233 e. The topological polar surface area (TPSA) is 0 Å². The van der Waals surface area contributed by atoms with Crippen LogP contribution in [-0.4, -0.2) is 0 Å². The van der Waals surface area contributed by atoms with E-state index < -0.39 is 0 Å². The molecule has 0 nitrogen and oxygen atoms in total. The van der Waals surface area contributed by atoms with Gasteiger partial charge in [-0.15, -0.1) is 0 Å². The Balaban J connectivity index is 1.75. The molecule has 0 N–H and O–H groups in total. The summed E-state index contributed by atoms with van der Waals surface area (Å²) in [5.41, 5.74) is 9.41. The first-order chi connectivity index (χ1) is 9.05. The van der Waals surface area contributed by atoms with Crippen molar-refractivity contribution in [2.24, 2.45) is 44.8 Å². The summed E-state index contributed by atoms with van der Waals surface area (Å²) in [6.07, 6.45) is 10.7. The van der Waals surface area contributed by atoms with Crippen LogP contribution < -0.4 is 0 Å². The number of hydrogen-bond acceptors (Lipinski definition) is 0. The normalized spacial score (nSPS) is 80.7. The van der Waals surface area contributed by atoms with Crippen molar-refractivity contribution in [2.45, 2.75) is 46.0 Å². The monoisotopic (exact) mass is 248 g/mol. The Labute approximate surface area is 114 Å². The van der Waals surface area contributed by atoms with E-state index in [-0.39, 0.29) is 0 Å². The third-order valence-corrected chi connectivity index (χ3v) is 11.0. The number of rotatable bonds is 0. The smallest absolute Gasteiger partial charge is 0.00233 e. The van der Waals surface area contributed by atoms with Gasteiger partial charge in [-0.3, -0.25) is 0 Å². The van der Waals surface area contributed by atoms with Crippen LogP contribution in [0.5, 0.6) is 0 Å². The Morgan fingerprint density at radius 2 is 2.00 bits per heavy atom. The summed E-state index contributed by atoms with van der Waals surface area (Å²) in [7, 11) is 0. The SMILES string of the molecule is CC12CC3C45CC6C7CC(=C1C=C74)C31CC65CC21C. The summed E-state index contributed by atoms with van der Waals surface area (Å²) >= 11 is 0. The first-order valence-electron chi connectivity index (χ1n) is 8.52. The van der Waals surface area contributed by atoms with Crippen molar-refractivity contribution in [2.75, 3.05) is 0 Å². The predicted octanol–water partition coefficient (Wildman–Crippen LogP) is 4.09. The standard InChI is InChI=1S/C19H20/c1-15-6-14-18-5-13-9-3-12(11(15)4-10(9)18)19(14)8-17(13,18)7-16(15,19)2/h4,9,13-14H,3,5-8H2,1-2H3. The number of fused-ring (bicyclic) bond motifs is 3. The number of hydrogen-bond donors (Lipinski definition) is 0. The largest absolute Gasteiger partial charge is 0.0591 e. The van der Waals surface area contributed by atoms with Crippen LogP contribution in [0.15, 0.2) is 22.8 Å². The minimum Gasteiger partial charge on any atom is -0.0591 e. The molecule has 7 aliphatic rings. The van der Waals surface area contributed by atoms with Crippen molar-refractivity contribution in [3.63, 3.8) is 0 Å². The van der Waals surface area contributed by atoms with Gasteiger partial charge in [-0.1, -0.05) is 31.1 Å². The average Bonchev–Trinajstić information content (AvgIpc) is 2.98. The summed E-state index contributed by atoms with van der Waals surface area (Å²) < 4.78 is 0. The van der Waals surface area contributed by atoms with Gasteiger partial charge in [0, 0.05) is 10.8 Å². The first kappa shape index (κ1) is 8.70. The molecule has 8 unspecified atom stereocenters. The molecule has 0 aromatic carbocycles. The summed E-state index contributed by atoms with van der Waals surface area (Å²) in [6.45, 7) is 5.39. The van der Waals surface area contributed by atoms with Gasteiger partial charge in [0.1, 0.15) is 0 Å². The Hall–Kier alpha value is -0.520. The van der Waals surface area contributed by atoms with Crippen LogP contribution in [0.1, 0.15) is 46.0 Å². The molecule has 5 bridgehead atoms. The van der Waals surface area contributed by atoms with Gasteiger partial charge in [0.2, 0.25) is 0 Å². The molecule has 96 valence electrons. The average molecular weight is 248 g/mol. The minimum absolute atomic E-state index is 0.572. The van der Waals surface area contributed by atoms with Gasteiger partial charge in [-0.05, 0) is 71.7 Å². The fourth-order valence-electron chi connectivity index (χ4n) is 10.9. The summed E-state index contributed by atoms with van der Waals surface area (Å²) in [5, 5.41) is 0. The molecule has 5 saturated carbocycles. The lowest BCUT2D eigenvalue weighted by Crippen LogP contribution is -2.56. The third-order valence-electron chi connectivity index (χ3n) is 11.0. The van der Waals surface area contributed by atoms with Gasteiger partial charge in [0.15, 0.2) is 0 Å². The highest BCUT2D eigenvalue weighted by atomic mass is 15.0. The summed E-state index contributed by atoms with van der Waals surface area (Å²) in [6, 6.07) is 0. The lowest BCUT2D eigenvalue weighted by Gasteiger charge is -2.61. The quantitative estimate of drug-likeness (QED) is 0.605. The molecule has 7 rings (SSSR count). The van der Waals surface area contributed by atoms with Gasteiger partial charge >= 0.3 is 0 Å². The fourth-order valence-corrected chi connectivity index (χ4v) is 10.9. The van der Waals surface area contributed by atoms with E-state index in [4.69, 9.17) is 0 Å². The van der Waals surface area contributed by atoms with Crippen LogP contribution >= 0.6 is 0 Å². The van der Waals surface area contributed by atoms with E-state index in [9.17, 15) is 0 Å². The zero-order chi connectivity index (χ0) is 12.2. The fraction of sp³-hybridized carbons (Fsp3) is 0.789. The molecule has 8 atom stereocenters. The highest BCUT2D eigenvalue weighted by Gasteiger charge is 2.98. The molecule has 0 heteroatoms. The lowest BCUT2D eigenvalue weighted by molar-refractivity contribution is -0.118. The van der Waals surface area contributed by atoms with Crippen LogP contribution in [0.4, 0.5) is 0 Å². The van der Waals surface area contributed by atoms with Crippen LogP contribution in [-0.2, 0) is 0 Å².